The van der Waals surface area contributed by atoms with Crippen molar-refractivity contribution in [1.82, 2.24) is 20.1 Å². The third-order valence-electron chi connectivity index (χ3n) is 3.64. The lowest BCUT2D eigenvalue weighted by Gasteiger charge is -2.28. The summed E-state index contributed by atoms with van der Waals surface area (Å²) in [4.78, 5) is 4.34. The Labute approximate surface area is 114 Å². The zero-order valence-electron chi connectivity index (χ0n) is 11.4. The van der Waals surface area contributed by atoms with E-state index in [9.17, 15) is 0 Å². The van der Waals surface area contributed by atoms with Crippen LogP contribution in [-0.4, -0.2) is 32.3 Å². The fraction of sp³-hybridized carbons (Fsp3) is 0.846. The minimum atomic E-state index is 0.656. The Morgan fingerprint density at radius 3 is 3.17 bits per heavy atom. The molecule has 0 bridgehead atoms. The molecular formula is C13H24N4S. The molecule has 0 aromatic carbocycles. The fourth-order valence-corrected chi connectivity index (χ4v) is 3.43. The van der Waals surface area contributed by atoms with E-state index < -0.39 is 0 Å². The molecule has 1 N–H and O–H groups in total. The maximum atomic E-state index is 4.34. The maximum absolute atomic E-state index is 4.34. The summed E-state index contributed by atoms with van der Waals surface area (Å²) < 4.78 is 2.02. The average molecular weight is 268 g/mol. The quantitative estimate of drug-likeness (QED) is 0.860. The van der Waals surface area contributed by atoms with Gasteiger partial charge in [-0.2, -0.15) is 16.9 Å². The van der Waals surface area contributed by atoms with Crippen LogP contribution in [0.5, 0.6) is 0 Å². The SMILES string of the molecule is CCCn1ncnc1CNC1CCCC(SC)C1. The second-order valence-electron chi connectivity index (χ2n) is 5.00. The van der Waals surface area contributed by atoms with Crippen LogP contribution in [-0.2, 0) is 13.1 Å². The third-order valence-corrected chi connectivity index (χ3v) is 4.73. The summed E-state index contributed by atoms with van der Waals surface area (Å²) in [5, 5.41) is 8.75. The number of rotatable bonds is 6. The predicted molar refractivity (Wildman–Crippen MR) is 76.7 cm³/mol. The maximum Gasteiger partial charge on any atom is 0.140 e. The summed E-state index contributed by atoms with van der Waals surface area (Å²) in [6.45, 7) is 3.99. The van der Waals surface area contributed by atoms with Crippen LogP contribution in [0.2, 0.25) is 0 Å². The van der Waals surface area contributed by atoms with Crippen molar-refractivity contribution in [2.24, 2.45) is 0 Å². The summed E-state index contributed by atoms with van der Waals surface area (Å²) in [5.74, 6) is 1.07. The first-order valence-electron chi connectivity index (χ1n) is 6.96. The van der Waals surface area contributed by atoms with E-state index in [0.717, 1.165) is 30.6 Å². The molecule has 0 saturated heterocycles. The van der Waals surface area contributed by atoms with Crippen molar-refractivity contribution in [1.29, 1.82) is 0 Å². The van der Waals surface area contributed by atoms with E-state index in [4.69, 9.17) is 0 Å². The molecule has 1 aliphatic carbocycles. The lowest BCUT2D eigenvalue weighted by atomic mass is 9.95. The van der Waals surface area contributed by atoms with Gasteiger partial charge >= 0.3 is 0 Å². The normalized spacial score (nSPS) is 24.3. The lowest BCUT2D eigenvalue weighted by molar-refractivity contribution is 0.372. The number of thioether (sulfide) groups is 1. The minimum absolute atomic E-state index is 0.656. The molecule has 102 valence electrons. The Balaban J connectivity index is 1.81. The van der Waals surface area contributed by atoms with Gasteiger partial charge in [-0.25, -0.2) is 9.67 Å². The Bertz CT molecular complexity index is 353. The van der Waals surface area contributed by atoms with Crippen molar-refractivity contribution in [2.45, 2.75) is 63.4 Å². The van der Waals surface area contributed by atoms with Gasteiger partial charge < -0.3 is 5.32 Å². The van der Waals surface area contributed by atoms with Crippen molar-refractivity contribution < 1.29 is 0 Å². The van der Waals surface area contributed by atoms with E-state index in [1.807, 2.05) is 16.4 Å². The number of hydrogen-bond donors (Lipinski definition) is 1. The highest BCUT2D eigenvalue weighted by Crippen LogP contribution is 2.26. The van der Waals surface area contributed by atoms with Gasteiger partial charge in [-0.05, 0) is 31.9 Å². The molecule has 4 nitrogen and oxygen atoms in total. The highest BCUT2D eigenvalue weighted by molar-refractivity contribution is 7.99. The first-order valence-corrected chi connectivity index (χ1v) is 8.25. The molecule has 2 atom stereocenters. The van der Waals surface area contributed by atoms with E-state index in [0.29, 0.717) is 6.04 Å². The van der Waals surface area contributed by atoms with Crippen LogP contribution in [0.4, 0.5) is 0 Å². The monoisotopic (exact) mass is 268 g/mol. The molecule has 1 aromatic heterocycles. The van der Waals surface area contributed by atoms with Gasteiger partial charge in [0.15, 0.2) is 0 Å². The number of aryl methyl sites for hydroxylation is 1. The molecule has 18 heavy (non-hydrogen) atoms. The highest BCUT2D eigenvalue weighted by atomic mass is 32.2. The van der Waals surface area contributed by atoms with E-state index >= 15 is 0 Å². The molecule has 0 spiro atoms. The molecule has 2 rings (SSSR count). The molecule has 1 aliphatic rings. The van der Waals surface area contributed by atoms with Crippen molar-refractivity contribution >= 4 is 11.8 Å². The van der Waals surface area contributed by atoms with Crippen molar-refractivity contribution in [2.75, 3.05) is 6.26 Å². The molecule has 0 amide bonds. The number of nitrogens with zero attached hydrogens (tertiary/aromatic N) is 3. The summed E-state index contributed by atoms with van der Waals surface area (Å²) in [7, 11) is 0. The molecule has 1 fully saturated rings. The molecule has 0 radical (unpaired) electrons. The molecule has 2 unspecified atom stereocenters. The summed E-state index contributed by atoms with van der Waals surface area (Å²) in [6.07, 6.45) is 10.3. The van der Waals surface area contributed by atoms with Crippen molar-refractivity contribution in [3.8, 4) is 0 Å². The molecule has 0 aliphatic heterocycles. The zero-order valence-corrected chi connectivity index (χ0v) is 12.2. The van der Waals surface area contributed by atoms with E-state index in [1.54, 1.807) is 6.33 Å². The number of hydrogen-bond acceptors (Lipinski definition) is 4. The van der Waals surface area contributed by atoms with Crippen LogP contribution in [0.25, 0.3) is 0 Å². The second-order valence-corrected chi connectivity index (χ2v) is 6.14. The van der Waals surface area contributed by atoms with Gasteiger partial charge in [-0.15, -0.1) is 0 Å². The van der Waals surface area contributed by atoms with E-state index in [2.05, 4.69) is 28.6 Å². The minimum Gasteiger partial charge on any atom is -0.307 e. The summed E-state index contributed by atoms with van der Waals surface area (Å²) in [5.41, 5.74) is 0. The van der Waals surface area contributed by atoms with Crippen LogP contribution in [0.3, 0.4) is 0 Å². The van der Waals surface area contributed by atoms with Crippen molar-refractivity contribution in [3.05, 3.63) is 12.2 Å². The van der Waals surface area contributed by atoms with Crippen LogP contribution in [0, 0.1) is 0 Å². The average Bonchev–Trinajstić information content (AvgIpc) is 2.85. The molecule has 1 saturated carbocycles. The first-order chi connectivity index (χ1) is 8.83. The Morgan fingerprint density at radius 2 is 2.39 bits per heavy atom. The highest BCUT2D eigenvalue weighted by Gasteiger charge is 2.21. The van der Waals surface area contributed by atoms with Gasteiger partial charge in [-0.1, -0.05) is 13.3 Å². The number of nitrogens with one attached hydrogen (secondary N) is 1. The van der Waals surface area contributed by atoms with Crippen molar-refractivity contribution in [3.63, 3.8) is 0 Å². The van der Waals surface area contributed by atoms with Crippen LogP contribution >= 0.6 is 11.8 Å². The van der Waals surface area contributed by atoms with Gasteiger partial charge in [0.2, 0.25) is 0 Å². The molecule has 1 aromatic rings. The third kappa shape index (κ3) is 3.72. The number of aromatic nitrogens is 3. The van der Waals surface area contributed by atoms with E-state index in [1.165, 1.54) is 25.7 Å². The van der Waals surface area contributed by atoms with Crippen LogP contribution in [0.1, 0.15) is 44.9 Å². The Kier molecular flexibility index (Phi) is 5.50. The largest absolute Gasteiger partial charge is 0.307 e. The standard InChI is InChI=1S/C13H24N4S/c1-3-7-17-13(15-10-16-17)9-14-11-5-4-6-12(8-11)18-2/h10-12,14H,3-9H2,1-2H3. The van der Waals surface area contributed by atoms with Gasteiger partial charge in [0, 0.05) is 17.8 Å². The smallest absolute Gasteiger partial charge is 0.140 e. The van der Waals surface area contributed by atoms with Gasteiger partial charge in [0.25, 0.3) is 0 Å². The lowest BCUT2D eigenvalue weighted by Crippen LogP contribution is -2.35. The zero-order chi connectivity index (χ0) is 12.8. The Morgan fingerprint density at radius 1 is 1.50 bits per heavy atom. The van der Waals surface area contributed by atoms with E-state index in [-0.39, 0.29) is 0 Å². The first kappa shape index (κ1) is 13.9. The fourth-order valence-electron chi connectivity index (χ4n) is 2.60. The predicted octanol–water partition coefficient (Wildman–Crippen LogP) is 2.45. The summed E-state index contributed by atoms with van der Waals surface area (Å²) in [6, 6.07) is 0.656. The summed E-state index contributed by atoms with van der Waals surface area (Å²) >= 11 is 2.01. The Hall–Kier alpha value is -0.550. The van der Waals surface area contributed by atoms with Crippen LogP contribution < -0.4 is 5.32 Å². The molecular weight excluding hydrogens is 244 g/mol. The van der Waals surface area contributed by atoms with Gasteiger partial charge in [0.05, 0.1) is 6.54 Å². The van der Waals surface area contributed by atoms with Crippen LogP contribution in [0.15, 0.2) is 6.33 Å². The molecule has 1 heterocycles. The second kappa shape index (κ2) is 7.14. The topological polar surface area (TPSA) is 42.7 Å². The van der Waals surface area contributed by atoms with Gasteiger partial charge in [-0.3, -0.25) is 0 Å². The van der Waals surface area contributed by atoms with Gasteiger partial charge in [0.1, 0.15) is 12.2 Å². The molecule has 5 heteroatoms.